The van der Waals surface area contributed by atoms with Gasteiger partial charge in [-0.25, -0.2) is 0 Å². The molecule has 0 aliphatic heterocycles. The highest BCUT2D eigenvalue weighted by molar-refractivity contribution is 6.23. The number of benzene rings is 1. The number of Topliss-reactive ketones (excluding diaryl/α,β-unsaturated/α-hetero) is 1. The predicted octanol–water partition coefficient (Wildman–Crippen LogP) is 4.37. The topological polar surface area (TPSA) is 49.7 Å². The zero-order chi connectivity index (χ0) is 15.9. The molecule has 1 aliphatic carbocycles. The Morgan fingerprint density at radius 2 is 2.09 bits per heavy atom. The molecule has 0 heterocycles. The van der Waals surface area contributed by atoms with Gasteiger partial charge in [0.05, 0.1) is 12.1 Å². The van der Waals surface area contributed by atoms with Gasteiger partial charge in [0, 0.05) is 18.6 Å². The van der Waals surface area contributed by atoms with Gasteiger partial charge in [-0.1, -0.05) is 49.8 Å². The summed E-state index contributed by atoms with van der Waals surface area (Å²) in [7, 11) is 0. The number of carbonyl (C=O) groups excluding carboxylic acids is 1. The van der Waals surface area contributed by atoms with Crippen molar-refractivity contribution < 1.29 is 9.90 Å². The van der Waals surface area contributed by atoms with Crippen molar-refractivity contribution in [3.05, 3.63) is 59.9 Å². The minimum atomic E-state index is -0.00568. The minimum Gasteiger partial charge on any atom is -0.511 e. The van der Waals surface area contributed by atoms with Crippen LogP contribution in [0.2, 0.25) is 0 Å². The molecule has 2 rings (SSSR count). The van der Waals surface area contributed by atoms with E-state index in [0.717, 1.165) is 17.7 Å². The summed E-state index contributed by atoms with van der Waals surface area (Å²) in [6.45, 7) is 6.17. The summed E-state index contributed by atoms with van der Waals surface area (Å²) in [5.74, 6) is 0.231. The van der Waals surface area contributed by atoms with Crippen molar-refractivity contribution in [3.8, 4) is 0 Å². The molecule has 0 bridgehead atoms. The standard InChI is InChI=1S/C19H23NO2/c1-3-8-16(20-11-4-2)19-17(21)12-15(13-18(19)22)14-9-6-5-7-10-14/h4-7,9-10,15,21H,2-3,8,11-13H2,1H3. The van der Waals surface area contributed by atoms with Crippen LogP contribution in [0.25, 0.3) is 0 Å². The van der Waals surface area contributed by atoms with E-state index in [1.807, 2.05) is 37.3 Å². The van der Waals surface area contributed by atoms with Gasteiger partial charge in [-0.2, -0.15) is 0 Å². The van der Waals surface area contributed by atoms with E-state index in [1.54, 1.807) is 6.08 Å². The number of hydrogen-bond acceptors (Lipinski definition) is 3. The molecule has 1 N–H and O–H groups in total. The molecule has 1 aliphatic rings. The molecule has 1 atom stereocenters. The number of carbonyl (C=O) groups is 1. The summed E-state index contributed by atoms with van der Waals surface area (Å²) in [6.07, 6.45) is 4.23. The van der Waals surface area contributed by atoms with Crippen molar-refractivity contribution in [1.29, 1.82) is 0 Å². The highest BCUT2D eigenvalue weighted by Crippen LogP contribution is 2.34. The summed E-state index contributed by atoms with van der Waals surface area (Å²) < 4.78 is 0. The van der Waals surface area contributed by atoms with Gasteiger partial charge in [0.1, 0.15) is 5.76 Å². The maximum absolute atomic E-state index is 12.5. The van der Waals surface area contributed by atoms with E-state index in [4.69, 9.17) is 0 Å². The first-order valence-corrected chi connectivity index (χ1v) is 7.82. The molecule has 1 aromatic carbocycles. The monoisotopic (exact) mass is 297 g/mol. The van der Waals surface area contributed by atoms with Gasteiger partial charge >= 0.3 is 0 Å². The van der Waals surface area contributed by atoms with Gasteiger partial charge in [-0.3, -0.25) is 9.79 Å². The van der Waals surface area contributed by atoms with Crippen LogP contribution in [0.3, 0.4) is 0 Å². The molecule has 22 heavy (non-hydrogen) atoms. The normalized spacial score (nSPS) is 19.4. The first-order chi connectivity index (χ1) is 10.7. The number of allylic oxidation sites excluding steroid dienone is 2. The Labute approximate surface area is 132 Å². The molecule has 1 unspecified atom stereocenters. The number of aliphatic hydroxyl groups excluding tert-OH is 1. The predicted molar refractivity (Wildman–Crippen MR) is 90.5 cm³/mol. The van der Waals surface area contributed by atoms with Crippen LogP contribution in [-0.4, -0.2) is 23.1 Å². The number of aliphatic imine (C=N–C) groups is 1. The highest BCUT2D eigenvalue weighted by atomic mass is 16.3. The van der Waals surface area contributed by atoms with Crippen LogP contribution in [0.5, 0.6) is 0 Å². The number of rotatable bonds is 6. The number of hydrogen-bond donors (Lipinski definition) is 1. The van der Waals surface area contributed by atoms with E-state index in [1.165, 1.54) is 0 Å². The molecule has 0 spiro atoms. The lowest BCUT2D eigenvalue weighted by atomic mass is 9.81. The molecule has 0 saturated carbocycles. The number of nitrogens with zero attached hydrogens (tertiary/aromatic N) is 1. The third-order valence-corrected chi connectivity index (χ3v) is 3.90. The molecular weight excluding hydrogens is 274 g/mol. The van der Waals surface area contributed by atoms with Crippen molar-refractivity contribution in [2.24, 2.45) is 4.99 Å². The smallest absolute Gasteiger partial charge is 0.168 e. The van der Waals surface area contributed by atoms with Gasteiger partial charge in [0.15, 0.2) is 5.78 Å². The molecule has 116 valence electrons. The first kappa shape index (κ1) is 16.2. The Balaban J connectivity index is 2.29. The van der Waals surface area contributed by atoms with Crippen LogP contribution in [0.15, 0.2) is 59.3 Å². The van der Waals surface area contributed by atoms with E-state index in [-0.39, 0.29) is 17.5 Å². The second-order valence-electron chi connectivity index (χ2n) is 5.59. The Kier molecular flexibility index (Phi) is 5.70. The van der Waals surface area contributed by atoms with Crippen molar-refractivity contribution in [3.63, 3.8) is 0 Å². The molecule has 0 amide bonds. The van der Waals surface area contributed by atoms with Gasteiger partial charge in [-0.05, 0) is 17.9 Å². The zero-order valence-corrected chi connectivity index (χ0v) is 13.1. The van der Waals surface area contributed by atoms with Gasteiger partial charge < -0.3 is 5.11 Å². The maximum atomic E-state index is 12.5. The van der Waals surface area contributed by atoms with Crippen LogP contribution in [0.4, 0.5) is 0 Å². The lowest BCUT2D eigenvalue weighted by molar-refractivity contribution is -0.116. The molecule has 1 aromatic rings. The minimum absolute atomic E-state index is 0.00568. The Bertz CT molecular complexity index is 599. The fourth-order valence-corrected chi connectivity index (χ4v) is 2.88. The van der Waals surface area contributed by atoms with Crippen molar-refractivity contribution in [1.82, 2.24) is 0 Å². The van der Waals surface area contributed by atoms with Gasteiger partial charge in [0.2, 0.25) is 0 Å². The highest BCUT2D eigenvalue weighted by Gasteiger charge is 2.30. The van der Waals surface area contributed by atoms with E-state index in [2.05, 4.69) is 11.6 Å². The van der Waals surface area contributed by atoms with Crippen LogP contribution in [-0.2, 0) is 4.79 Å². The van der Waals surface area contributed by atoms with Crippen LogP contribution < -0.4 is 0 Å². The lowest BCUT2D eigenvalue weighted by Gasteiger charge is -2.24. The van der Waals surface area contributed by atoms with Crippen LogP contribution in [0.1, 0.15) is 44.1 Å². The van der Waals surface area contributed by atoms with E-state index in [0.29, 0.717) is 31.4 Å². The van der Waals surface area contributed by atoms with Crippen molar-refractivity contribution in [2.75, 3.05) is 6.54 Å². The Morgan fingerprint density at radius 3 is 2.68 bits per heavy atom. The summed E-state index contributed by atoms with van der Waals surface area (Å²) in [4.78, 5) is 17.0. The van der Waals surface area contributed by atoms with Crippen LogP contribution >= 0.6 is 0 Å². The Hall–Kier alpha value is -2.16. The average molecular weight is 297 g/mol. The van der Waals surface area contributed by atoms with E-state index in [9.17, 15) is 9.90 Å². The second-order valence-corrected chi connectivity index (χ2v) is 5.59. The molecule has 3 nitrogen and oxygen atoms in total. The fourth-order valence-electron chi connectivity index (χ4n) is 2.88. The quantitative estimate of drug-likeness (QED) is 0.626. The summed E-state index contributed by atoms with van der Waals surface area (Å²) in [6, 6.07) is 9.90. The van der Waals surface area contributed by atoms with Crippen LogP contribution in [0, 0.1) is 0 Å². The summed E-state index contributed by atoms with van der Waals surface area (Å²) >= 11 is 0. The summed E-state index contributed by atoms with van der Waals surface area (Å²) in [5.41, 5.74) is 2.26. The zero-order valence-electron chi connectivity index (χ0n) is 13.1. The maximum Gasteiger partial charge on any atom is 0.168 e. The number of aliphatic hydroxyl groups is 1. The van der Waals surface area contributed by atoms with E-state index >= 15 is 0 Å². The summed E-state index contributed by atoms with van der Waals surface area (Å²) in [5, 5.41) is 10.4. The molecule has 0 aromatic heterocycles. The third kappa shape index (κ3) is 3.73. The van der Waals surface area contributed by atoms with E-state index < -0.39 is 0 Å². The van der Waals surface area contributed by atoms with Crippen molar-refractivity contribution in [2.45, 2.75) is 38.5 Å². The van der Waals surface area contributed by atoms with Crippen molar-refractivity contribution >= 4 is 11.5 Å². The molecule has 0 fully saturated rings. The third-order valence-electron chi connectivity index (χ3n) is 3.90. The molecule has 0 radical (unpaired) electrons. The lowest BCUT2D eigenvalue weighted by Crippen LogP contribution is -2.24. The number of ketones is 1. The molecule has 3 heteroatoms. The average Bonchev–Trinajstić information content (AvgIpc) is 2.52. The van der Waals surface area contributed by atoms with Gasteiger partial charge in [-0.15, -0.1) is 6.58 Å². The Morgan fingerprint density at radius 1 is 1.36 bits per heavy atom. The SMILES string of the molecule is C=CCN=C(CCC)C1=C(O)CC(c2ccccc2)CC1=O. The second kappa shape index (κ2) is 7.74. The van der Waals surface area contributed by atoms with Gasteiger partial charge in [0.25, 0.3) is 0 Å². The fraction of sp³-hybridized carbons (Fsp3) is 0.368. The first-order valence-electron chi connectivity index (χ1n) is 7.82. The largest absolute Gasteiger partial charge is 0.511 e. The molecular formula is C19H23NO2. The molecule has 0 saturated heterocycles.